The standard InChI is InChI=1S/C21H20Cl2N2S/c22-17-7-5-16(19(23)13-17)14-25-11-9-18(10-12-25)26-21-8-6-15-3-1-2-4-20(15)24-21/h1-8,13,18H,9-12,14H2. The normalized spacial score (nSPS) is 16.2. The molecule has 1 fully saturated rings. The molecule has 2 heterocycles. The van der Waals surface area contributed by atoms with E-state index in [1.54, 1.807) is 0 Å². The van der Waals surface area contributed by atoms with E-state index in [0.29, 0.717) is 10.3 Å². The molecule has 0 N–H and O–H groups in total. The summed E-state index contributed by atoms with van der Waals surface area (Å²) < 4.78 is 0. The fourth-order valence-corrected chi connectivity index (χ4v) is 4.91. The quantitative estimate of drug-likeness (QED) is 0.509. The molecule has 134 valence electrons. The highest BCUT2D eigenvalue weighted by molar-refractivity contribution is 7.99. The highest BCUT2D eigenvalue weighted by Crippen LogP contribution is 2.31. The lowest BCUT2D eigenvalue weighted by atomic mass is 10.1. The molecule has 1 saturated heterocycles. The number of hydrogen-bond acceptors (Lipinski definition) is 3. The number of pyridine rings is 1. The van der Waals surface area contributed by atoms with Crippen LogP contribution in [0.3, 0.4) is 0 Å². The minimum Gasteiger partial charge on any atom is -0.299 e. The monoisotopic (exact) mass is 402 g/mol. The number of benzene rings is 2. The van der Waals surface area contributed by atoms with Crippen molar-refractivity contribution >= 4 is 45.9 Å². The van der Waals surface area contributed by atoms with Crippen LogP contribution in [-0.2, 0) is 6.54 Å². The van der Waals surface area contributed by atoms with E-state index in [4.69, 9.17) is 28.2 Å². The Morgan fingerprint density at radius 2 is 1.81 bits per heavy atom. The number of likely N-dealkylation sites (tertiary alicyclic amines) is 1. The van der Waals surface area contributed by atoms with E-state index in [-0.39, 0.29) is 0 Å². The van der Waals surface area contributed by atoms with Crippen LogP contribution in [0.4, 0.5) is 0 Å². The van der Waals surface area contributed by atoms with Gasteiger partial charge in [0.15, 0.2) is 0 Å². The second-order valence-electron chi connectivity index (χ2n) is 6.67. The molecule has 3 aromatic rings. The Morgan fingerprint density at radius 3 is 2.62 bits per heavy atom. The van der Waals surface area contributed by atoms with Crippen molar-refractivity contribution in [2.75, 3.05) is 13.1 Å². The Hall–Kier alpha value is -1.26. The number of piperidine rings is 1. The number of halogens is 2. The summed E-state index contributed by atoms with van der Waals surface area (Å²) in [4.78, 5) is 7.27. The first-order valence-electron chi connectivity index (χ1n) is 8.86. The topological polar surface area (TPSA) is 16.1 Å². The molecule has 1 aromatic heterocycles. The summed E-state index contributed by atoms with van der Waals surface area (Å²) >= 11 is 14.2. The van der Waals surface area contributed by atoms with Gasteiger partial charge in [0.1, 0.15) is 0 Å². The third-order valence-corrected chi connectivity index (χ3v) is 6.66. The zero-order valence-electron chi connectivity index (χ0n) is 14.4. The molecule has 0 unspecified atom stereocenters. The smallest absolute Gasteiger partial charge is 0.0970 e. The van der Waals surface area contributed by atoms with E-state index in [2.05, 4.69) is 35.2 Å². The Kier molecular flexibility index (Phi) is 5.70. The van der Waals surface area contributed by atoms with Crippen LogP contribution in [0.1, 0.15) is 18.4 Å². The molecule has 0 radical (unpaired) electrons. The Morgan fingerprint density at radius 1 is 1.00 bits per heavy atom. The van der Waals surface area contributed by atoms with Crippen LogP contribution < -0.4 is 0 Å². The minimum absolute atomic E-state index is 0.626. The van der Waals surface area contributed by atoms with Crippen molar-refractivity contribution in [1.29, 1.82) is 0 Å². The molecule has 2 nitrogen and oxygen atoms in total. The van der Waals surface area contributed by atoms with Gasteiger partial charge in [-0.25, -0.2) is 4.98 Å². The van der Waals surface area contributed by atoms with Gasteiger partial charge in [0, 0.05) is 27.2 Å². The van der Waals surface area contributed by atoms with Gasteiger partial charge in [0.25, 0.3) is 0 Å². The van der Waals surface area contributed by atoms with Gasteiger partial charge in [-0.1, -0.05) is 53.5 Å². The number of hydrogen-bond donors (Lipinski definition) is 0. The molecule has 0 saturated carbocycles. The van der Waals surface area contributed by atoms with Crippen LogP contribution in [0.5, 0.6) is 0 Å². The zero-order chi connectivity index (χ0) is 17.9. The van der Waals surface area contributed by atoms with Gasteiger partial charge in [0.2, 0.25) is 0 Å². The summed E-state index contributed by atoms with van der Waals surface area (Å²) in [5, 5.41) is 4.40. The average molecular weight is 403 g/mol. The molecule has 4 rings (SSSR count). The Bertz CT molecular complexity index is 907. The van der Waals surface area contributed by atoms with Crippen molar-refractivity contribution in [3.8, 4) is 0 Å². The van der Waals surface area contributed by atoms with Gasteiger partial charge in [-0.15, -0.1) is 11.8 Å². The summed E-state index contributed by atoms with van der Waals surface area (Å²) in [7, 11) is 0. The molecule has 26 heavy (non-hydrogen) atoms. The van der Waals surface area contributed by atoms with Crippen molar-refractivity contribution in [2.24, 2.45) is 0 Å². The Balaban J connectivity index is 1.34. The van der Waals surface area contributed by atoms with Gasteiger partial charge >= 0.3 is 0 Å². The first-order chi connectivity index (χ1) is 12.7. The maximum absolute atomic E-state index is 6.31. The molecule has 0 spiro atoms. The first kappa shape index (κ1) is 18.1. The van der Waals surface area contributed by atoms with E-state index in [1.165, 1.54) is 18.2 Å². The van der Waals surface area contributed by atoms with Crippen LogP contribution in [-0.4, -0.2) is 28.2 Å². The van der Waals surface area contributed by atoms with Gasteiger partial charge in [-0.05, 0) is 55.8 Å². The van der Waals surface area contributed by atoms with Crippen LogP contribution in [0.2, 0.25) is 10.0 Å². The van der Waals surface area contributed by atoms with Crippen LogP contribution in [0.25, 0.3) is 10.9 Å². The van der Waals surface area contributed by atoms with Crippen molar-refractivity contribution in [3.05, 3.63) is 70.2 Å². The predicted octanol–water partition coefficient (Wildman–Crippen LogP) is 6.30. The van der Waals surface area contributed by atoms with Crippen molar-refractivity contribution in [1.82, 2.24) is 9.88 Å². The molecule has 0 amide bonds. The number of fused-ring (bicyclic) bond motifs is 1. The number of nitrogens with zero attached hydrogens (tertiary/aromatic N) is 2. The summed E-state index contributed by atoms with van der Waals surface area (Å²) in [6.45, 7) is 3.07. The highest BCUT2D eigenvalue weighted by Gasteiger charge is 2.21. The largest absolute Gasteiger partial charge is 0.299 e. The lowest BCUT2D eigenvalue weighted by Crippen LogP contribution is -2.34. The molecular formula is C21H20Cl2N2S. The lowest BCUT2D eigenvalue weighted by Gasteiger charge is -2.31. The van der Waals surface area contributed by atoms with E-state index in [9.17, 15) is 0 Å². The van der Waals surface area contributed by atoms with E-state index in [1.807, 2.05) is 36.0 Å². The average Bonchev–Trinajstić information content (AvgIpc) is 2.65. The summed E-state index contributed by atoms with van der Waals surface area (Å²) in [5.41, 5.74) is 2.23. The van der Waals surface area contributed by atoms with E-state index < -0.39 is 0 Å². The highest BCUT2D eigenvalue weighted by atomic mass is 35.5. The molecule has 0 bridgehead atoms. The van der Waals surface area contributed by atoms with Crippen molar-refractivity contribution in [3.63, 3.8) is 0 Å². The predicted molar refractivity (Wildman–Crippen MR) is 112 cm³/mol. The third-order valence-electron chi connectivity index (χ3n) is 4.80. The van der Waals surface area contributed by atoms with Gasteiger partial charge < -0.3 is 0 Å². The number of para-hydroxylation sites is 1. The van der Waals surface area contributed by atoms with Crippen molar-refractivity contribution in [2.45, 2.75) is 29.7 Å². The molecule has 2 aromatic carbocycles. The summed E-state index contributed by atoms with van der Waals surface area (Å²) in [6.07, 6.45) is 2.34. The summed E-state index contributed by atoms with van der Waals surface area (Å²) in [5.74, 6) is 0. The van der Waals surface area contributed by atoms with Gasteiger partial charge in [-0.2, -0.15) is 0 Å². The second-order valence-corrected chi connectivity index (χ2v) is 8.84. The molecule has 1 aliphatic heterocycles. The minimum atomic E-state index is 0.626. The zero-order valence-corrected chi connectivity index (χ0v) is 16.7. The lowest BCUT2D eigenvalue weighted by molar-refractivity contribution is 0.225. The molecule has 0 atom stereocenters. The number of rotatable bonds is 4. The van der Waals surface area contributed by atoms with Crippen LogP contribution >= 0.6 is 35.0 Å². The fraction of sp³-hybridized carbons (Fsp3) is 0.286. The van der Waals surface area contributed by atoms with E-state index in [0.717, 1.165) is 40.8 Å². The number of aromatic nitrogens is 1. The third kappa shape index (κ3) is 4.34. The second kappa shape index (κ2) is 8.18. The maximum atomic E-state index is 6.31. The number of thioether (sulfide) groups is 1. The molecule has 0 aliphatic carbocycles. The summed E-state index contributed by atoms with van der Waals surface area (Å²) in [6, 6.07) is 18.4. The van der Waals surface area contributed by atoms with Gasteiger partial charge in [-0.3, -0.25) is 4.90 Å². The molecular weight excluding hydrogens is 383 g/mol. The van der Waals surface area contributed by atoms with Gasteiger partial charge in [0.05, 0.1) is 10.5 Å². The van der Waals surface area contributed by atoms with E-state index >= 15 is 0 Å². The SMILES string of the molecule is Clc1ccc(CN2CCC(Sc3ccc4ccccc4n3)CC2)c(Cl)c1. The van der Waals surface area contributed by atoms with Crippen LogP contribution in [0.15, 0.2) is 59.6 Å². The molecule has 1 aliphatic rings. The van der Waals surface area contributed by atoms with Crippen molar-refractivity contribution < 1.29 is 0 Å². The maximum Gasteiger partial charge on any atom is 0.0970 e. The molecule has 5 heteroatoms. The Labute approximate surface area is 168 Å². The first-order valence-corrected chi connectivity index (χ1v) is 10.5. The fourth-order valence-electron chi connectivity index (χ4n) is 3.36. The van der Waals surface area contributed by atoms with Crippen LogP contribution in [0, 0.1) is 0 Å².